The third-order valence-electron chi connectivity index (χ3n) is 13.6. The first-order valence-electron chi connectivity index (χ1n) is 17.2. The molecular formula is C36H48N2O9. The van der Waals surface area contributed by atoms with E-state index in [0.29, 0.717) is 24.7 Å². The number of nitro benzene ring substituents is 2. The summed E-state index contributed by atoms with van der Waals surface area (Å²) in [6.07, 6.45) is 8.63. The maximum atomic E-state index is 13.4. The van der Waals surface area contributed by atoms with Gasteiger partial charge in [-0.3, -0.25) is 20.2 Å². The van der Waals surface area contributed by atoms with Crippen LogP contribution in [-0.4, -0.2) is 44.7 Å². The highest BCUT2D eigenvalue weighted by Gasteiger charge is 2.67. The van der Waals surface area contributed by atoms with Crippen LogP contribution in [-0.2, 0) is 14.3 Å². The summed E-state index contributed by atoms with van der Waals surface area (Å²) in [7, 11) is 0. The molecule has 256 valence electrons. The van der Waals surface area contributed by atoms with Gasteiger partial charge in [0.25, 0.3) is 11.4 Å². The molecule has 1 aromatic rings. The third kappa shape index (κ3) is 5.18. The second-order valence-corrected chi connectivity index (χ2v) is 16.5. The molecule has 0 spiro atoms. The zero-order chi connectivity index (χ0) is 34.3. The van der Waals surface area contributed by atoms with Crippen LogP contribution in [0.3, 0.4) is 0 Å². The van der Waals surface area contributed by atoms with Crippen LogP contribution in [0.1, 0.15) is 110 Å². The number of non-ortho nitro benzene ring substituents is 1. The van der Waals surface area contributed by atoms with Crippen LogP contribution in [0.4, 0.5) is 11.4 Å². The first-order valence-corrected chi connectivity index (χ1v) is 17.2. The number of hydrogen-bond donors (Lipinski definition) is 1. The molecule has 0 bridgehead atoms. The highest BCUT2D eigenvalue weighted by molar-refractivity contribution is 5.94. The molecule has 10 atom stereocenters. The molecule has 0 unspecified atom stereocenters. The normalized spacial score (nSPS) is 40.3. The molecule has 0 radical (unpaired) electrons. The van der Waals surface area contributed by atoms with Crippen molar-refractivity contribution in [3.8, 4) is 0 Å². The minimum atomic E-state index is -1.44. The molecule has 0 aromatic heterocycles. The van der Waals surface area contributed by atoms with E-state index in [4.69, 9.17) is 9.47 Å². The fraction of sp³-hybridized carbons (Fsp3) is 0.722. The summed E-state index contributed by atoms with van der Waals surface area (Å²) in [6.45, 7) is 13.1. The molecule has 4 saturated carbocycles. The number of fused-ring (bicyclic) bond motifs is 5. The summed E-state index contributed by atoms with van der Waals surface area (Å²) >= 11 is 0. The number of carbonyl (C=O) groups excluding carboxylic acids is 2. The number of aliphatic hydroxyl groups is 1. The molecule has 11 nitrogen and oxygen atoms in total. The number of ether oxygens (including phenoxy) is 2. The average Bonchev–Trinajstić information content (AvgIpc) is 3.55. The lowest BCUT2D eigenvalue weighted by atomic mass is 9.38. The van der Waals surface area contributed by atoms with Crippen LogP contribution in [0.15, 0.2) is 29.8 Å². The largest absolute Gasteiger partial charge is 0.458 e. The van der Waals surface area contributed by atoms with Gasteiger partial charge < -0.3 is 14.6 Å². The Balaban J connectivity index is 1.20. The maximum Gasteiger partial charge on any atom is 0.345 e. The fourth-order valence-corrected chi connectivity index (χ4v) is 11.7. The number of esters is 2. The van der Waals surface area contributed by atoms with Crippen molar-refractivity contribution in [1.29, 1.82) is 0 Å². The zero-order valence-electron chi connectivity index (χ0n) is 28.3. The van der Waals surface area contributed by atoms with Crippen molar-refractivity contribution >= 4 is 23.3 Å². The third-order valence-corrected chi connectivity index (χ3v) is 13.6. The number of allylic oxidation sites excluding steroid dienone is 1. The summed E-state index contributed by atoms with van der Waals surface area (Å²) in [4.78, 5) is 47.9. The van der Waals surface area contributed by atoms with Crippen LogP contribution in [0.5, 0.6) is 0 Å². The lowest BCUT2D eigenvalue weighted by Crippen LogP contribution is -2.62. The Morgan fingerprint density at radius 1 is 0.936 bits per heavy atom. The Kier molecular flexibility index (Phi) is 8.13. The summed E-state index contributed by atoms with van der Waals surface area (Å²) in [5.74, 6) is -0.0483. The molecule has 0 amide bonds. The number of nitro groups is 2. The topological polar surface area (TPSA) is 159 Å². The van der Waals surface area contributed by atoms with Crippen LogP contribution >= 0.6 is 0 Å². The second-order valence-electron chi connectivity index (χ2n) is 16.5. The van der Waals surface area contributed by atoms with Gasteiger partial charge in [-0.25, -0.2) is 9.59 Å². The van der Waals surface area contributed by atoms with E-state index in [9.17, 15) is 34.9 Å². The van der Waals surface area contributed by atoms with Crippen molar-refractivity contribution in [1.82, 2.24) is 0 Å². The Bertz CT molecular complexity index is 1530. The van der Waals surface area contributed by atoms with Gasteiger partial charge in [-0.05, 0) is 112 Å². The van der Waals surface area contributed by atoms with Crippen molar-refractivity contribution in [3.63, 3.8) is 0 Å². The quantitative estimate of drug-likeness (QED) is 0.144. The van der Waals surface area contributed by atoms with Crippen molar-refractivity contribution < 1.29 is 34.0 Å². The first-order chi connectivity index (χ1) is 21.9. The molecule has 1 aromatic carbocycles. The molecule has 1 N–H and O–H groups in total. The van der Waals surface area contributed by atoms with Crippen LogP contribution in [0.25, 0.3) is 0 Å². The molecule has 11 heteroatoms. The van der Waals surface area contributed by atoms with Crippen LogP contribution in [0.2, 0.25) is 0 Å². The standard InChI is InChI=1S/C36H48N2O9/c1-20(2)17-22-19-36(41,32(40)46-22)26-11-10-25-23(26)9-12-29-34(25,5)15-13-28-33(3,4)30(14-16-35(28,29)6)47-31(39)24-8-7-21(37(42)43)18-27(24)38(44)45/h7-8,17-18,22-23,25-26,28-30,41H,9-16,19H2,1-6H3/t22-,23+,25-,26+,28+,29+,30+,34+,35+,36+/m1/s1. The Labute approximate surface area is 275 Å². The molecule has 4 aliphatic carbocycles. The minimum Gasteiger partial charge on any atom is -0.458 e. The lowest BCUT2D eigenvalue weighted by molar-refractivity contribution is -0.394. The van der Waals surface area contributed by atoms with Crippen LogP contribution in [0, 0.1) is 66.1 Å². The van der Waals surface area contributed by atoms with Gasteiger partial charge in [-0.1, -0.05) is 33.3 Å². The summed E-state index contributed by atoms with van der Waals surface area (Å²) in [5.41, 5.74) is -2.11. The number of carbonyl (C=O) groups is 2. The Morgan fingerprint density at radius 3 is 2.28 bits per heavy atom. The SMILES string of the molecule is CC(C)=C[C@@H]1C[C@](O)([C@H]2CC[C@@H]3[C@@H]2CC[C@H]2[C@@]3(C)CC[C@H]3C(C)(C)[C@@H](OC(=O)c4ccc([N+](=O)[O-])cc4[N+](=O)[O-])CC[C@]23C)C(=O)O1. The van der Waals surface area contributed by atoms with Gasteiger partial charge in [0, 0.05) is 23.8 Å². The van der Waals surface area contributed by atoms with Crippen LogP contribution < -0.4 is 0 Å². The van der Waals surface area contributed by atoms with Gasteiger partial charge in [-0.2, -0.15) is 0 Å². The first kappa shape index (κ1) is 33.6. The summed E-state index contributed by atoms with van der Waals surface area (Å²) < 4.78 is 11.7. The smallest absolute Gasteiger partial charge is 0.345 e. The minimum absolute atomic E-state index is 0.0143. The van der Waals surface area contributed by atoms with E-state index in [1.807, 2.05) is 19.9 Å². The predicted molar refractivity (Wildman–Crippen MR) is 172 cm³/mol. The number of benzene rings is 1. The van der Waals surface area contributed by atoms with Crippen molar-refractivity contribution in [2.24, 2.45) is 45.8 Å². The fourth-order valence-electron chi connectivity index (χ4n) is 11.7. The van der Waals surface area contributed by atoms with E-state index in [1.165, 1.54) is 0 Å². The molecule has 5 fully saturated rings. The van der Waals surface area contributed by atoms with Gasteiger partial charge in [0.05, 0.1) is 15.9 Å². The predicted octanol–water partition coefficient (Wildman–Crippen LogP) is 7.34. The molecule has 5 aliphatic rings. The molecule has 1 saturated heterocycles. The zero-order valence-corrected chi connectivity index (χ0v) is 28.3. The average molecular weight is 653 g/mol. The summed E-state index contributed by atoms with van der Waals surface area (Å²) in [6, 6.07) is 3.01. The molecule has 6 rings (SSSR count). The molecule has 47 heavy (non-hydrogen) atoms. The van der Waals surface area contributed by atoms with E-state index < -0.39 is 50.3 Å². The van der Waals surface area contributed by atoms with Crippen molar-refractivity contribution in [2.45, 2.75) is 117 Å². The highest BCUT2D eigenvalue weighted by Crippen LogP contribution is 2.72. The van der Waals surface area contributed by atoms with E-state index in [0.717, 1.165) is 68.7 Å². The Morgan fingerprint density at radius 2 is 1.62 bits per heavy atom. The number of rotatable bonds is 6. The van der Waals surface area contributed by atoms with Gasteiger partial charge >= 0.3 is 11.9 Å². The molecule has 1 aliphatic heterocycles. The second kappa shape index (κ2) is 11.4. The molecular weight excluding hydrogens is 604 g/mol. The number of hydrogen-bond acceptors (Lipinski definition) is 9. The maximum absolute atomic E-state index is 13.4. The summed E-state index contributed by atoms with van der Waals surface area (Å²) in [5, 5.41) is 34.7. The van der Waals surface area contributed by atoms with Gasteiger partial charge in [0.1, 0.15) is 17.8 Å². The molecule has 1 heterocycles. The van der Waals surface area contributed by atoms with Gasteiger partial charge in [-0.15, -0.1) is 0 Å². The van der Waals surface area contributed by atoms with E-state index in [2.05, 4.69) is 27.7 Å². The van der Waals surface area contributed by atoms with Crippen molar-refractivity contribution in [3.05, 3.63) is 55.6 Å². The van der Waals surface area contributed by atoms with E-state index >= 15 is 0 Å². The van der Waals surface area contributed by atoms with Crippen molar-refractivity contribution in [2.75, 3.05) is 0 Å². The monoisotopic (exact) mass is 652 g/mol. The highest BCUT2D eigenvalue weighted by atomic mass is 16.6. The Hall–Kier alpha value is -3.34. The number of nitrogens with zero attached hydrogens (tertiary/aromatic N) is 2. The van der Waals surface area contributed by atoms with E-state index in [-0.39, 0.29) is 40.3 Å². The van der Waals surface area contributed by atoms with E-state index in [1.54, 1.807) is 0 Å². The number of cyclic esters (lactones) is 1. The van der Waals surface area contributed by atoms with Gasteiger partial charge in [0.15, 0.2) is 5.60 Å². The van der Waals surface area contributed by atoms with Gasteiger partial charge in [0.2, 0.25) is 0 Å². The lowest BCUT2D eigenvalue weighted by Gasteiger charge is -2.67.